The summed E-state index contributed by atoms with van der Waals surface area (Å²) in [6.45, 7) is 7.10. The number of aryl methyl sites for hydroxylation is 1. The van der Waals surface area contributed by atoms with E-state index in [0.29, 0.717) is 18.8 Å². The van der Waals surface area contributed by atoms with Crippen LogP contribution in [-0.4, -0.2) is 47.9 Å². The molecule has 19 heavy (non-hydrogen) atoms. The zero-order chi connectivity index (χ0) is 14.6. The van der Waals surface area contributed by atoms with E-state index in [4.69, 9.17) is 5.73 Å². The van der Waals surface area contributed by atoms with Crippen molar-refractivity contribution in [2.75, 3.05) is 38.2 Å². The number of urea groups is 1. The first-order chi connectivity index (χ1) is 8.84. The molecule has 0 atom stereocenters. The highest BCUT2D eigenvalue weighted by molar-refractivity contribution is 5.73. The maximum atomic E-state index is 11.3. The van der Waals surface area contributed by atoms with Gasteiger partial charge in [0, 0.05) is 33.2 Å². The number of amides is 2. The molecule has 7 heteroatoms. The van der Waals surface area contributed by atoms with Gasteiger partial charge in [-0.25, -0.2) is 9.48 Å². The summed E-state index contributed by atoms with van der Waals surface area (Å²) in [5.74, 6) is 0.812. The standard InChI is InChI=1S/C12H24N6O/c1-8(2)18-11(10(13)9(3)16-18)14-6-7-15-12(19)17(4)5/h8,14H,6-7,13H2,1-5H3,(H,15,19). The van der Waals surface area contributed by atoms with Crippen molar-refractivity contribution < 1.29 is 4.79 Å². The Labute approximate surface area is 114 Å². The molecule has 0 aliphatic heterocycles. The van der Waals surface area contributed by atoms with Gasteiger partial charge in [0.25, 0.3) is 0 Å². The number of carbonyl (C=O) groups excluding carboxylic acids is 1. The zero-order valence-corrected chi connectivity index (χ0v) is 12.3. The zero-order valence-electron chi connectivity index (χ0n) is 12.3. The minimum Gasteiger partial charge on any atom is -0.394 e. The molecule has 4 N–H and O–H groups in total. The Balaban J connectivity index is 2.56. The van der Waals surface area contributed by atoms with Gasteiger partial charge < -0.3 is 21.3 Å². The van der Waals surface area contributed by atoms with E-state index in [2.05, 4.69) is 15.7 Å². The molecule has 0 aliphatic rings. The second-order valence-corrected chi connectivity index (χ2v) is 4.94. The highest BCUT2D eigenvalue weighted by Crippen LogP contribution is 2.24. The van der Waals surface area contributed by atoms with Crippen molar-refractivity contribution in [1.82, 2.24) is 20.0 Å². The van der Waals surface area contributed by atoms with Gasteiger partial charge in [-0.3, -0.25) is 0 Å². The second-order valence-electron chi connectivity index (χ2n) is 4.94. The summed E-state index contributed by atoms with van der Waals surface area (Å²) in [6.07, 6.45) is 0. The van der Waals surface area contributed by atoms with Crippen LogP contribution >= 0.6 is 0 Å². The van der Waals surface area contributed by atoms with Crippen LogP contribution in [0.15, 0.2) is 0 Å². The van der Waals surface area contributed by atoms with E-state index in [9.17, 15) is 4.79 Å². The Morgan fingerprint density at radius 1 is 1.42 bits per heavy atom. The SMILES string of the molecule is Cc1nn(C(C)C)c(NCCNC(=O)N(C)C)c1N. The maximum absolute atomic E-state index is 11.3. The van der Waals surface area contributed by atoms with Gasteiger partial charge in [0.1, 0.15) is 5.82 Å². The number of nitrogens with zero attached hydrogens (tertiary/aromatic N) is 3. The van der Waals surface area contributed by atoms with E-state index >= 15 is 0 Å². The van der Waals surface area contributed by atoms with E-state index in [0.717, 1.165) is 11.5 Å². The van der Waals surface area contributed by atoms with Crippen LogP contribution in [0.2, 0.25) is 0 Å². The molecule has 1 heterocycles. The Hall–Kier alpha value is -1.92. The topological polar surface area (TPSA) is 88.2 Å². The molecule has 108 valence electrons. The van der Waals surface area contributed by atoms with Gasteiger partial charge in [0.05, 0.1) is 11.4 Å². The third kappa shape index (κ3) is 3.77. The van der Waals surface area contributed by atoms with Crippen LogP contribution in [0.5, 0.6) is 0 Å². The van der Waals surface area contributed by atoms with Gasteiger partial charge >= 0.3 is 6.03 Å². The number of nitrogens with two attached hydrogens (primary N) is 1. The summed E-state index contributed by atoms with van der Waals surface area (Å²) < 4.78 is 1.86. The van der Waals surface area contributed by atoms with E-state index in [1.807, 2.05) is 25.5 Å². The molecule has 1 rings (SSSR count). The van der Waals surface area contributed by atoms with Crippen molar-refractivity contribution in [3.63, 3.8) is 0 Å². The number of nitrogen functional groups attached to an aromatic ring is 1. The monoisotopic (exact) mass is 268 g/mol. The van der Waals surface area contributed by atoms with Crippen LogP contribution in [0.25, 0.3) is 0 Å². The molecule has 0 spiro atoms. The first-order valence-electron chi connectivity index (χ1n) is 6.38. The van der Waals surface area contributed by atoms with E-state index in [-0.39, 0.29) is 12.1 Å². The fraction of sp³-hybridized carbons (Fsp3) is 0.667. The van der Waals surface area contributed by atoms with E-state index < -0.39 is 0 Å². The molecule has 0 aliphatic carbocycles. The van der Waals surface area contributed by atoms with Crippen molar-refractivity contribution in [2.24, 2.45) is 0 Å². The molecule has 1 aromatic rings. The fourth-order valence-electron chi connectivity index (χ4n) is 1.62. The molecule has 0 fully saturated rings. The molecular formula is C12H24N6O. The molecule has 1 aromatic heterocycles. The predicted octanol–water partition coefficient (Wildman–Crippen LogP) is 1.04. The number of carbonyl (C=O) groups is 1. The Morgan fingerprint density at radius 3 is 2.58 bits per heavy atom. The van der Waals surface area contributed by atoms with Crippen molar-refractivity contribution in [2.45, 2.75) is 26.8 Å². The van der Waals surface area contributed by atoms with Crippen molar-refractivity contribution in [3.05, 3.63) is 5.69 Å². The number of hydrogen-bond acceptors (Lipinski definition) is 4. The Morgan fingerprint density at radius 2 is 2.05 bits per heavy atom. The molecule has 0 bridgehead atoms. The summed E-state index contributed by atoms with van der Waals surface area (Å²) in [5, 5.41) is 10.4. The average molecular weight is 268 g/mol. The lowest BCUT2D eigenvalue weighted by molar-refractivity contribution is 0.218. The van der Waals surface area contributed by atoms with Gasteiger partial charge in [0.2, 0.25) is 0 Å². The van der Waals surface area contributed by atoms with Crippen molar-refractivity contribution in [1.29, 1.82) is 0 Å². The molecule has 0 radical (unpaired) electrons. The van der Waals surface area contributed by atoms with Crippen LogP contribution < -0.4 is 16.4 Å². The summed E-state index contributed by atoms with van der Waals surface area (Å²) in [4.78, 5) is 12.8. The van der Waals surface area contributed by atoms with Gasteiger partial charge in [-0.05, 0) is 20.8 Å². The minimum atomic E-state index is -0.108. The third-order valence-corrected chi connectivity index (χ3v) is 2.72. The van der Waals surface area contributed by atoms with Crippen LogP contribution in [0, 0.1) is 6.92 Å². The lowest BCUT2D eigenvalue weighted by Crippen LogP contribution is -2.37. The first kappa shape index (κ1) is 15.1. The normalized spacial score (nSPS) is 10.6. The van der Waals surface area contributed by atoms with Crippen molar-refractivity contribution in [3.8, 4) is 0 Å². The van der Waals surface area contributed by atoms with Crippen LogP contribution in [0.1, 0.15) is 25.6 Å². The quantitative estimate of drug-likeness (QED) is 0.696. The summed E-state index contributed by atoms with van der Waals surface area (Å²) in [7, 11) is 3.41. The van der Waals surface area contributed by atoms with Crippen LogP contribution in [-0.2, 0) is 0 Å². The lowest BCUT2D eigenvalue weighted by Gasteiger charge is -2.15. The number of nitrogens with one attached hydrogen (secondary N) is 2. The second kappa shape index (κ2) is 6.31. The molecule has 7 nitrogen and oxygen atoms in total. The number of rotatable bonds is 5. The minimum absolute atomic E-state index is 0.108. The number of anilines is 2. The number of hydrogen-bond donors (Lipinski definition) is 3. The van der Waals surface area contributed by atoms with Gasteiger partial charge in [-0.15, -0.1) is 0 Å². The predicted molar refractivity (Wildman–Crippen MR) is 77.3 cm³/mol. The highest BCUT2D eigenvalue weighted by Gasteiger charge is 2.14. The Kier molecular flexibility index (Phi) is 5.02. The van der Waals surface area contributed by atoms with Crippen LogP contribution in [0.4, 0.5) is 16.3 Å². The van der Waals surface area contributed by atoms with Gasteiger partial charge in [-0.1, -0.05) is 0 Å². The Bertz CT molecular complexity index is 438. The summed E-state index contributed by atoms with van der Waals surface area (Å²) >= 11 is 0. The smallest absolute Gasteiger partial charge is 0.316 e. The van der Waals surface area contributed by atoms with Gasteiger partial charge in [-0.2, -0.15) is 5.10 Å². The van der Waals surface area contributed by atoms with E-state index in [1.165, 1.54) is 4.90 Å². The molecule has 0 aromatic carbocycles. The lowest BCUT2D eigenvalue weighted by atomic mass is 10.3. The average Bonchev–Trinajstić information content (AvgIpc) is 2.62. The largest absolute Gasteiger partial charge is 0.394 e. The molecule has 0 unspecified atom stereocenters. The summed E-state index contributed by atoms with van der Waals surface area (Å²) in [6, 6.07) is 0.123. The highest BCUT2D eigenvalue weighted by atomic mass is 16.2. The third-order valence-electron chi connectivity index (χ3n) is 2.72. The molecule has 0 saturated carbocycles. The first-order valence-corrected chi connectivity index (χ1v) is 6.38. The van der Waals surface area contributed by atoms with E-state index in [1.54, 1.807) is 14.1 Å². The van der Waals surface area contributed by atoms with Gasteiger partial charge in [0.15, 0.2) is 0 Å². The maximum Gasteiger partial charge on any atom is 0.316 e. The molecule has 2 amide bonds. The molecular weight excluding hydrogens is 244 g/mol. The van der Waals surface area contributed by atoms with Crippen LogP contribution in [0.3, 0.4) is 0 Å². The number of aromatic nitrogens is 2. The molecule has 0 saturated heterocycles. The summed E-state index contributed by atoms with van der Waals surface area (Å²) in [5.41, 5.74) is 7.46. The van der Waals surface area contributed by atoms with Crippen molar-refractivity contribution >= 4 is 17.5 Å². The fourth-order valence-corrected chi connectivity index (χ4v) is 1.62.